The van der Waals surface area contributed by atoms with Gasteiger partial charge in [-0.1, -0.05) is 6.07 Å². The lowest BCUT2D eigenvalue weighted by Gasteiger charge is -2.25. The highest BCUT2D eigenvalue weighted by atomic mass is 16.5. The van der Waals surface area contributed by atoms with Crippen molar-refractivity contribution < 1.29 is 9.47 Å². The second kappa shape index (κ2) is 6.03. The molecule has 0 spiro atoms. The molecular formula is C18H20N4O2. The Bertz CT molecular complexity index is 852. The second-order valence-electron chi connectivity index (χ2n) is 5.97. The van der Waals surface area contributed by atoms with Gasteiger partial charge in [-0.3, -0.25) is 5.10 Å². The Morgan fingerprint density at radius 1 is 1.25 bits per heavy atom. The van der Waals surface area contributed by atoms with Crippen molar-refractivity contribution in [3.63, 3.8) is 0 Å². The maximum Gasteiger partial charge on any atom is 0.171 e. The average molecular weight is 324 g/mol. The van der Waals surface area contributed by atoms with E-state index in [-0.39, 0.29) is 0 Å². The van der Waals surface area contributed by atoms with Crippen molar-refractivity contribution in [3.8, 4) is 22.9 Å². The second-order valence-corrected chi connectivity index (χ2v) is 5.97. The Morgan fingerprint density at radius 3 is 3.00 bits per heavy atom. The molecule has 0 aliphatic heterocycles. The number of methoxy groups -OCH3 is 2. The highest BCUT2D eigenvalue weighted by molar-refractivity contribution is 5.69. The number of imidazole rings is 1. The lowest BCUT2D eigenvalue weighted by atomic mass is 9.93. The van der Waals surface area contributed by atoms with Crippen molar-refractivity contribution in [3.05, 3.63) is 48.0 Å². The van der Waals surface area contributed by atoms with E-state index in [1.807, 2.05) is 36.8 Å². The van der Waals surface area contributed by atoms with Crippen molar-refractivity contribution in [2.75, 3.05) is 14.2 Å². The summed E-state index contributed by atoms with van der Waals surface area (Å²) in [5.74, 6) is 2.33. The average Bonchev–Trinajstić information content (AvgIpc) is 3.29. The molecule has 0 radical (unpaired) electrons. The van der Waals surface area contributed by atoms with Crippen LogP contribution in [0.25, 0.3) is 11.4 Å². The zero-order chi connectivity index (χ0) is 16.5. The molecule has 124 valence electrons. The molecule has 0 saturated carbocycles. The number of ether oxygens (including phenoxy) is 2. The lowest BCUT2D eigenvalue weighted by molar-refractivity contribution is 0.355. The van der Waals surface area contributed by atoms with Gasteiger partial charge in [0.2, 0.25) is 0 Å². The van der Waals surface area contributed by atoms with E-state index in [9.17, 15) is 0 Å². The van der Waals surface area contributed by atoms with Crippen molar-refractivity contribution in [2.45, 2.75) is 25.3 Å². The summed E-state index contributed by atoms with van der Waals surface area (Å²) in [5.41, 5.74) is 3.50. The van der Waals surface area contributed by atoms with E-state index in [0.717, 1.165) is 30.7 Å². The van der Waals surface area contributed by atoms with Gasteiger partial charge in [-0.05, 0) is 37.0 Å². The topological polar surface area (TPSA) is 65.0 Å². The van der Waals surface area contributed by atoms with Gasteiger partial charge in [-0.2, -0.15) is 5.10 Å². The van der Waals surface area contributed by atoms with Crippen LogP contribution in [0.5, 0.6) is 11.5 Å². The molecular weight excluding hydrogens is 304 g/mol. The molecule has 1 aliphatic rings. The summed E-state index contributed by atoms with van der Waals surface area (Å²) in [4.78, 5) is 4.59. The van der Waals surface area contributed by atoms with Gasteiger partial charge < -0.3 is 14.0 Å². The van der Waals surface area contributed by atoms with Gasteiger partial charge in [0.15, 0.2) is 11.5 Å². The number of rotatable bonds is 4. The minimum absolute atomic E-state index is 0.364. The summed E-state index contributed by atoms with van der Waals surface area (Å²) in [6.07, 6.45) is 8.85. The number of para-hydroxylation sites is 1. The highest BCUT2D eigenvalue weighted by Gasteiger charge is 2.25. The number of aromatic nitrogens is 4. The van der Waals surface area contributed by atoms with Crippen LogP contribution < -0.4 is 9.47 Å². The van der Waals surface area contributed by atoms with Gasteiger partial charge in [-0.25, -0.2) is 4.98 Å². The van der Waals surface area contributed by atoms with E-state index in [1.165, 1.54) is 11.3 Å². The molecule has 2 aromatic heterocycles. The Kier molecular flexibility index (Phi) is 3.72. The molecule has 0 saturated heterocycles. The fourth-order valence-electron chi connectivity index (χ4n) is 3.51. The number of aromatic amines is 1. The van der Waals surface area contributed by atoms with Crippen molar-refractivity contribution in [2.24, 2.45) is 0 Å². The molecule has 6 nitrogen and oxygen atoms in total. The van der Waals surface area contributed by atoms with E-state index in [0.29, 0.717) is 17.5 Å². The number of hydrogen-bond donors (Lipinski definition) is 1. The standard InChI is InChI=1S/C18H20N4O2/c1-23-16-5-3-4-14(17(16)24-2)18-19-8-9-22(18)13-6-7-15-12(10-13)11-20-21-15/h3-5,8-9,11,13H,6-7,10H2,1-2H3,(H,20,21). The van der Waals surface area contributed by atoms with Crippen LogP contribution >= 0.6 is 0 Å². The fraction of sp³-hybridized carbons (Fsp3) is 0.333. The van der Waals surface area contributed by atoms with Gasteiger partial charge in [0.1, 0.15) is 5.82 Å². The zero-order valence-electron chi connectivity index (χ0n) is 13.8. The van der Waals surface area contributed by atoms with Crippen LogP contribution in [-0.2, 0) is 12.8 Å². The number of benzene rings is 1. The van der Waals surface area contributed by atoms with Crippen LogP contribution in [0.3, 0.4) is 0 Å². The molecule has 2 heterocycles. The van der Waals surface area contributed by atoms with E-state index < -0.39 is 0 Å². The van der Waals surface area contributed by atoms with Crippen molar-refractivity contribution >= 4 is 0 Å². The zero-order valence-corrected chi connectivity index (χ0v) is 13.8. The Labute approximate surface area is 140 Å². The molecule has 1 unspecified atom stereocenters. The third-order valence-corrected chi connectivity index (χ3v) is 4.70. The molecule has 0 fully saturated rings. The van der Waals surface area contributed by atoms with E-state index in [1.54, 1.807) is 14.2 Å². The summed E-state index contributed by atoms with van der Waals surface area (Å²) >= 11 is 0. The van der Waals surface area contributed by atoms with Gasteiger partial charge in [0.25, 0.3) is 0 Å². The molecule has 4 rings (SSSR count). The smallest absolute Gasteiger partial charge is 0.171 e. The Hall–Kier alpha value is -2.76. The molecule has 1 atom stereocenters. The third-order valence-electron chi connectivity index (χ3n) is 4.70. The SMILES string of the molecule is COc1cccc(-c2nccn2C2CCc3[nH]ncc3C2)c1OC. The third kappa shape index (κ3) is 2.35. The van der Waals surface area contributed by atoms with E-state index >= 15 is 0 Å². The summed E-state index contributed by atoms with van der Waals surface area (Å²) < 4.78 is 13.2. The largest absolute Gasteiger partial charge is 0.493 e. The first-order valence-corrected chi connectivity index (χ1v) is 8.07. The van der Waals surface area contributed by atoms with Crippen LogP contribution in [0.4, 0.5) is 0 Å². The molecule has 3 aromatic rings. The Morgan fingerprint density at radius 2 is 2.17 bits per heavy atom. The summed E-state index contributed by atoms with van der Waals surface area (Å²) in [6, 6.07) is 6.24. The lowest BCUT2D eigenvalue weighted by Crippen LogP contribution is -2.18. The monoisotopic (exact) mass is 324 g/mol. The molecule has 6 heteroatoms. The van der Waals surface area contributed by atoms with Crippen LogP contribution in [0.15, 0.2) is 36.8 Å². The van der Waals surface area contributed by atoms with Crippen molar-refractivity contribution in [1.82, 2.24) is 19.7 Å². The molecule has 0 bridgehead atoms. The van der Waals surface area contributed by atoms with Gasteiger partial charge in [0.05, 0.1) is 26.0 Å². The number of fused-ring (bicyclic) bond motifs is 1. The predicted octanol–water partition coefficient (Wildman–Crippen LogP) is 3.02. The first-order chi connectivity index (χ1) is 11.8. The summed E-state index contributed by atoms with van der Waals surface area (Å²) in [6.45, 7) is 0. The number of aryl methyl sites for hydroxylation is 1. The molecule has 24 heavy (non-hydrogen) atoms. The van der Waals surface area contributed by atoms with Gasteiger partial charge in [0, 0.05) is 24.1 Å². The van der Waals surface area contributed by atoms with Gasteiger partial charge in [-0.15, -0.1) is 0 Å². The van der Waals surface area contributed by atoms with Gasteiger partial charge >= 0.3 is 0 Å². The quantitative estimate of drug-likeness (QED) is 0.801. The predicted molar refractivity (Wildman–Crippen MR) is 90.4 cm³/mol. The van der Waals surface area contributed by atoms with Crippen LogP contribution in [-0.4, -0.2) is 34.0 Å². The molecule has 1 N–H and O–H groups in total. The highest BCUT2D eigenvalue weighted by Crippen LogP contribution is 2.39. The maximum atomic E-state index is 5.58. The molecule has 0 amide bonds. The molecule has 1 aromatic carbocycles. The van der Waals surface area contributed by atoms with Crippen LogP contribution in [0.2, 0.25) is 0 Å². The summed E-state index contributed by atoms with van der Waals surface area (Å²) in [5, 5.41) is 7.26. The number of H-pyrrole nitrogens is 1. The first kappa shape index (κ1) is 14.8. The maximum absolute atomic E-state index is 5.58. The van der Waals surface area contributed by atoms with E-state index in [2.05, 4.69) is 19.7 Å². The fourth-order valence-corrected chi connectivity index (χ4v) is 3.51. The first-order valence-electron chi connectivity index (χ1n) is 8.07. The number of nitrogens with one attached hydrogen (secondary N) is 1. The minimum Gasteiger partial charge on any atom is -0.493 e. The molecule has 1 aliphatic carbocycles. The van der Waals surface area contributed by atoms with Crippen LogP contribution in [0, 0.1) is 0 Å². The number of hydrogen-bond acceptors (Lipinski definition) is 4. The Balaban J connectivity index is 1.74. The number of nitrogens with zero attached hydrogens (tertiary/aromatic N) is 3. The minimum atomic E-state index is 0.364. The van der Waals surface area contributed by atoms with E-state index in [4.69, 9.17) is 9.47 Å². The van der Waals surface area contributed by atoms with Crippen LogP contribution in [0.1, 0.15) is 23.7 Å². The van der Waals surface area contributed by atoms with Crippen molar-refractivity contribution in [1.29, 1.82) is 0 Å². The summed E-state index contributed by atoms with van der Waals surface area (Å²) in [7, 11) is 3.31. The normalized spacial score (nSPS) is 16.7.